The molecule has 24 heavy (non-hydrogen) atoms. The quantitative estimate of drug-likeness (QED) is 0.901. The Hall–Kier alpha value is -1.62. The molecule has 1 amide bonds. The Morgan fingerprint density at radius 2 is 1.96 bits per heavy atom. The summed E-state index contributed by atoms with van der Waals surface area (Å²) in [5.41, 5.74) is 2.74. The lowest BCUT2D eigenvalue weighted by atomic mass is 10.1. The molecule has 1 aliphatic heterocycles. The van der Waals surface area contributed by atoms with Crippen molar-refractivity contribution in [2.75, 3.05) is 26.7 Å². The molecule has 0 saturated carbocycles. The first-order chi connectivity index (χ1) is 10.8. The maximum atomic E-state index is 12.6. The fourth-order valence-corrected chi connectivity index (χ4v) is 3.00. The first-order valence-electron chi connectivity index (χ1n) is 7.72. The van der Waals surface area contributed by atoms with E-state index < -0.39 is 0 Å². The Balaban J connectivity index is 0.00000144. The van der Waals surface area contributed by atoms with Crippen LogP contribution >= 0.6 is 24.8 Å². The lowest BCUT2D eigenvalue weighted by molar-refractivity contribution is 0.0787. The van der Waals surface area contributed by atoms with Crippen LogP contribution in [0.5, 0.6) is 0 Å². The van der Waals surface area contributed by atoms with Crippen LogP contribution in [0.1, 0.15) is 16.8 Å². The van der Waals surface area contributed by atoms with Gasteiger partial charge in [0.05, 0.1) is 5.56 Å². The zero-order chi connectivity index (χ0) is 15.4. The van der Waals surface area contributed by atoms with Crippen LogP contribution in [0.2, 0.25) is 0 Å². The second-order valence-corrected chi connectivity index (χ2v) is 5.79. The topological polar surface area (TPSA) is 45.2 Å². The van der Waals surface area contributed by atoms with Crippen molar-refractivity contribution in [2.45, 2.75) is 6.42 Å². The van der Waals surface area contributed by atoms with Gasteiger partial charge in [0.2, 0.25) is 0 Å². The predicted molar refractivity (Wildman–Crippen MR) is 102 cm³/mol. The SMILES string of the molecule is CNCC1CCN(C(=O)c2cncc(-c3ccccc3)c2)C1.Cl.Cl. The third-order valence-corrected chi connectivity index (χ3v) is 4.16. The van der Waals surface area contributed by atoms with Crippen LogP contribution in [0.15, 0.2) is 48.8 Å². The largest absolute Gasteiger partial charge is 0.338 e. The standard InChI is InChI=1S/C18H21N3O.2ClH/c1-19-10-14-7-8-21(13-14)18(22)17-9-16(11-20-12-17)15-5-3-2-4-6-15;;/h2-6,9,11-12,14,19H,7-8,10,13H2,1H3;2*1H. The number of amides is 1. The van der Waals surface area contributed by atoms with Crippen molar-refractivity contribution in [1.82, 2.24) is 15.2 Å². The number of halogens is 2. The summed E-state index contributed by atoms with van der Waals surface area (Å²) in [6, 6.07) is 12.0. The van der Waals surface area contributed by atoms with E-state index in [0.717, 1.165) is 37.2 Å². The zero-order valence-corrected chi connectivity index (χ0v) is 15.3. The molecule has 1 aromatic heterocycles. The highest BCUT2D eigenvalue weighted by Gasteiger charge is 2.26. The van der Waals surface area contributed by atoms with E-state index in [1.807, 2.05) is 48.3 Å². The van der Waals surface area contributed by atoms with Gasteiger partial charge < -0.3 is 10.2 Å². The summed E-state index contributed by atoms with van der Waals surface area (Å²) in [4.78, 5) is 18.8. The predicted octanol–water partition coefficient (Wildman–Crippen LogP) is 3.27. The molecule has 0 aliphatic carbocycles. The van der Waals surface area contributed by atoms with Crippen molar-refractivity contribution in [2.24, 2.45) is 5.92 Å². The Labute approximate surface area is 155 Å². The van der Waals surface area contributed by atoms with Gasteiger partial charge in [0.1, 0.15) is 0 Å². The van der Waals surface area contributed by atoms with Crippen molar-refractivity contribution >= 4 is 30.7 Å². The second-order valence-electron chi connectivity index (χ2n) is 5.79. The van der Waals surface area contributed by atoms with E-state index in [2.05, 4.69) is 10.3 Å². The van der Waals surface area contributed by atoms with Gasteiger partial charge in [-0.05, 0) is 37.6 Å². The highest BCUT2D eigenvalue weighted by Crippen LogP contribution is 2.22. The molecule has 6 heteroatoms. The Kier molecular flexibility index (Phi) is 8.19. The van der Waals surface area contributed by atoms with Crippen LogP contribution in [0, 0.1) is 5.92 Å². The third-order valence-electron chi connectivity index (χ3n) is 4.16. The molecule has 1 N–H and O–H groups in total. The van der Waals surface area contributed by atoms with E-state index in [9.17, 15) is 4.79 Å². The summed E-state index contributed by atoms with van der Waals surface area (Å²) in [7, 11) is 1.96. The molecule has 1 saturated heterocycles. The van der Waals surface area contributed by atoms with Gasteiger partial charge in [-0.3, -0.25) is 9.78 Å². The van der Waals surface area contributed by atoms with Crippen LogP contribution in [0.25, 0.3) is 11.1 Å². The molecule has 1 aromatic carbocycles. The monoisotopic (exact) mass is 367 g/mol. The number of nitrogens with zero attached hydrogens (tertiary/aromatic N) is 2. The molecule has 0 spiro atoms. The van der Waals surface area contributed by atoms with Crippen molar-refractivity contribution in [3.8, 4) is 11.1 Å². The van der Waals surface area contributed by atoms with Gasteiger partial charge >= 0.3 is 0 Å². The third kappa shape index (κ3) is 4.69. The summed E-state index contributed by atoms with van der Waals surface area (Å²) < 4.78 is 0. The van der Waals surface area contributed by atoms with Gasteiger partial charge in [-0.2, -0.15) is 0 Å². The average Bonchev–Trinajstić information content (AvgIpc) is 3.04. The number of benzene rings is 1. The van der Waals surface area contributed by atoms with Crippen LogP contribution in [-0.2, 0) is 0 Å². The maximum absolute atomic E-state index is 12.6. The molecule has 2 aromatic rings. The number of likely N-dealkylation sites (tertiary alicyclic amines) is 1. The van der Waals surface area contributed by atoms with Gasteiger partial charge in [0.15, 0.2) is 0 Å². The Morgan fingerprint density at radius 3 is 2.67 bits per heavy atom. The molecule has 0 radical (unpaired) electrons. The number of carbonyl (C=O) groups is 1. The van der Waals surface area contributed by atoms with Crippen molar-refractivity contribution in [3.63, 3.8) is 0 Å². The van der Waals surface area contributed by atoms with Gasteiger partial charge in [0, 0.05) is 31.0 Å². The summed E-state index contributed by atoms with van der Waals surface area (Å²) in [5.74, 6) is 0.642. The highest BCUT2D eigenvalue weighted by atomic mass is 35.5. The number of nitrogens with one attached hydrogen (secondary N) is 1. The van der Waals surface area contributed by atoms with Crippen LogP contribution in [-0.4, -0.2) is 42.5 Å². The average molecular weight is 368 g/mol. The van der Waals surface area contributed by atoms with Crippen molar-refractivity contribution in [1.29, 1.82) is 0 Å². The molecule has 4 nitrogen and oxygen atoms in total. The van der Waals surface area contributed by atoms with Gasteiger partial charge in [-0.15, -0.1) is 24.8 Å². The molecule has 3 rings (SSSR count). The van der Waals surface area contributed by atoms with Crippen LogP contribution in [0.4, 0.5) is 0 Å². The zero-order valence-electron chi connectivity index (χ0n) is 13.6. The van der Waals surface area contributed by atoms with E-state index in [-0.39, 0.29) is 30.7 Å². The number of aromatic nitrogens is 1. The lowest BCUT2D eigenvalue weighted by Gasteiger charge is -2.17. The molecule has 0 bridgehead atoms. The summed E-state index contributed by atoms with van der Waals surface area (Å²) in [6.45, 7) is 2.63. The van der Waals surface area contributed by atoms with Gasteiger partial charge in [-0.25, -0.2) is 0 Å². The summed E-state index contributed by atoms with van der Waals surface area (Å²) in [6.07, 6.45) is 4.54. The smallest absolute Gasteiger partial charge is 0.255 e. The molecule has 2 heterocycles. The number of hydrogen-bond acceptors (Lipinski definition) is 3. The highest BCUT2D eigenvalue weighted by molar-refractivity contribution is 5.95. The number of rotatable bonds is 4. The Bertz CT molecular complexity index is 652. The second kappa shape index (κ2) is 9.62. The minimum absolute atomic E-state index is 0. The normalized spacial score (nSPS) is 16.2. The maximum Gasteiger partial charge on any atom is 0.255 e. The minimum Gasteiger partial charge on any atom is -0.338 e. The van der Waals surface area contributed by atoms with Crippen LogP contribution in [0.3, 0.4) is 0 Å². The molecular formula is C18H23Cl2N3O. The fraction of sp³-hybridized carbons (Fsp3) is 0.333. The molecule has 1 atom stereocenters. The number of pyridine rings is 1. The van der Waals surface area contributed by atoms with E-state index in [1.54, 1.807) is 12.4 Å². The first-order valence-corrected chi connectivity index (χ1v) is 7.72. The summed E-state index contributed by atoms with van der Waals surface area (Å²) in [5, 5.41) is 3.19. The minimum atomic E-state index is 0. The number of carbonyl (C=O) groups excluding carboxylic acids is 1. The Morgan fingerprint density at radius 1 is 1.21 bits per heavy atom. The van der Waals surface area contributed by atoms with E-state index in [0.29, 0.717) is 11.5 Å². The molecule has 130 valence electrons. The number of hydrogen-bond donors (Lipinski definition) is 1. The fourth-order valence-electron chi connectivity index (χ4n) is 3.00. The van der Waals surface area contributed by atoms with E-state index in [4.69, 9.17) is 0 Å². The van der Waals surface area contributed by atoms with Crippen molar-refractivity contribution in [3.05, 3.63) is 54.4 Å². The van der Waals surface area contributed by atoms with Gasteiger partial charge in [-0.1, -0.05) is 30.3 Å². The van der Waals surface area contributed by atoms with E-state index in [1.165, 1.54) is 0 Å². The van der Waals surface area contributed by atoms with Gasteiger partial charge in [0.25, 0.3) is 5.91 Å². The molecule has 1 fully saturated rings. The summed E-state index contributed by atoms with van der Waals surface area (Å²) >= 11 is 0. The van der Waals surface area contributed by atoms with E-state index >= 15 is 0 Å². The molecular weight excluding hydrogens is 345 g/mol. The first kappa shape index (κ1) is 20.4. The molecule has 1 aliphatic rings. The van der Waals surface area contributed by atoms with Crippen LogP contribution < -0.4 is 5.32 Å². The van der Waals surface area contributed by atoms with Crippen molar-refractivity contribution < 1.29 is 4.79 Å². The molecule has 1 unspecified atom stereocenters. The lowest BCUT2D eigenvalue weighted by Crippen LogP contribution is -2.30.